The number of aromatic nitrogens is 1. The summed E-state index contributed by atoms with van der Waals surface area (Å²) in [5.74, 6) is 0. The molecule has 14 heavy (non-hydrogen) atoms. The van der Waals surface area contributed by atoms with Gasteiger partial charge in [0.05, 0.1) is 0 Å². The lowest BCUT2D eigenvalue weighted by molar-refractivity contribution is 0.587. The van der Waals surface area contributed by atoms with E-state index in [-0.39, 0.29) is 0 Å². The van der Waals surface area contributed by atoms with Crippen molar-refractivity contribution in [3.63, 3.8) is 0 Å². The van der Waals surface area contributed by atoms with E-state index in [0.717, 1.165) is 17.6 Å². The Morgan fingerprint density at radius 3 is 3.00 bits per heavy atom. The first-order valence-electron chi connectivity index (χ1n) is 4.58. The second-order valence-corrected chi connectivity index (χ2v) is 3.24. The molecule has 0 radical (unpaired) electrons. The predicted octanol–water partition coefficient (Wildman–Crippen LogP) is 1.87. The molecule has 0 saturated carbocycles. The minimum Gasteiger partial charge on any atom is -0.423 e. The van der Waals surface area contributed by atoms with Gasteiger partial charge in [-0.2, -0.15) is 4.98 Å². The van der Waals surface area contributed by atoms with E-state index < -0.39 is 0 Å². The molecular formula is C10H13N3O. The maximum Gasteiger partial charge on any atom is 0.298 e. The van der Waals surface area contributed by atoms with E-state index >= 15 is 0 Å². The van der Waals surface area contributed by atoms with Crippen LogP contribution in [0.25, 0.3) is 11.1 Å². The molecule has 2 aromatic rings. The van der Waals surface area contributed by atoms with Gasteiger partial charge in [0, 0.05) is 25.3 Å². The van der Waals surface area contributed by atoms with Crippen LogP contribution >= 0.6 is 0 Å². The van der Waals surface area contributed by atoms with Gasteiger partial charge in [0.25, 0.3) is 6.01 Å². The van der Waals surface area contributed by atoms with Gasteiger partial charge in [0.2, 0.25) is 0 Å². The minimum absolute atomic E-state index is 0.633. The molecule has 0 aliphatic heterocycles. The van der Waals surface area contributed by atoms with Gasteiger partial charge in [0.15, 0.2) is 5.58 Å². The zero-order chi connectivity index (χ0) is 10.1. The summed E-state index contributed by atoms with van der Waals surface area (Å²) in [5, 5.41) is 0. The second-order valence-electron chi connectivity index (χ2n) is 3.24. The molecule has 1 heterocycles. The van der Waals surface area contributed by atoms with Gasteiger partial charge < -0.3 is 15.1 Å². The number of benzene rings is 1. The number of hydrogen-bond donors (Lipinski definition) is 1. The van der Waals surface area contributed by atoms with Crippen molar-refractivity contribution in [1.82, 2.24) is 4.98 Å². The molecule has 2 N–H and O–H groups in total. The average molecular weight is 191 g/mol. The van der Waals surface area contributed by atoms with Crippen molar-refractivity contribution in [3.8, 4) is 0 Å². The molecular weight excluding hydrogens is 178 g/mol. The van der Waals surface area contributed by atoms with Crippen molar-refractivity contribution < 1.29 is 4.42 Å². The fourth-order valence-electron chi connectivity index (χ4n) is 1.23. The Morgan fingerprint density at radius 1 is 1.50 bits per heavy atom. The Bertz CT molecular complexity index is 450. The van der Waals surface area contributed by atoms with E-state index in [4.69, 9.17) is 10.2 Å². The highest BCUT2D eigenvalue weighted by Crippen LogP contribution is 2.22. The molecule has 1 aromatic heterocycles. The molecule has 0 fully saturated rings. The van der Waals surface area contributed by atoms with Crippen LogP contribution in [0.4, 0.5) is 11.7 Å². The van der Waals surface area contributed by atoms with Crippen molar-refractivity contribution in [1.29, 1.82) is 0 Å². The van der Waals surface area contributed by atoms with Gasteiger partial charge in [-0.05, 0) is 19.1 Å². The fraction of sp³-hybridized carbons (Fsp3) is 0.300. The lowest BCUT2D eigenvalue weighted by atomic mass is 10.3. The van der Waals surface area contributed by atoms with Gasteiger partial charge in [-0.25, -0.2) is 0 Å². The van der Waals surface area contributed by atoms with Crippen LogP contribution in [0.3, 0.4) is 0 Å². The van der Waals surface area contributed by atoms with E-state index in [2.05, 4.69) is 4.98 Å². The summed E-state index contributed by atoms with van der Waals surface area (Å²) in [5.41, 5.74) is 7.91. The highest BCUT2D eigenvalue weighted by molar-refractivity contribution is 5.78. The molecule has 0 aliphatic rings. The molecule has 0 spiro atoms. The molecule has 0 amide bonds. The molecule has 74 valence electrons. The van der Waals surface area contributed by atoms with Gasteiger partial charge in [0.1, 0.15) is 5.52 Å². The molecule has 4 nitrogen and oxygen atoms in total. The van der Waals surface area contributed by atoms with Crippen LogP contribution in [-0.4, -0.2) is 18.6 Å². The Balaban J connectivity index is 2.51. The summed E-state index contributed by atoms with van der Waals surface area (Å²) in [6.45, 7) is 2.91. The van der Waals surface area contributed by atoms with Crippen LogP contribution in [0.2, 0.25) is 0 Å². The van der Waals surface area contributed by atoms with Crippen molar-refractivity contribution in [2.24, 2.45) is 0 Å². The van der Waals surface area contributed by atoms with Crippen LogP contribution in [0, 0.1) is 0 Å². The SMILES string of the molecule is CCN(C)c1nc2ccc(N)cc2o1. The molecule has 0 bridgehead atoms. The first-order valence-corrected chi connectivity index (χ1v) is 4.58. The molecule has 1 aromatic carbocycles. The Kier molecular flexibility index (Phi) is 2.04. The molecule has 0 saturated heterocycles. The third-order valence-electron chi connectivity index (χ3n) is 2.20. The van der Waals surface area contributed by atoms with Crippen LogP contribution in [0.5, 0.6) is 0 Å². The summed E-state index contributed by atoms with van der Waals surface area (Å²) in [4.78, 5) is 6.27. The van der Waals surface area contributed by atoms with Gasteiger partial charge in [-0.15, -0.1) is 0 Å². The number of fused-ring (bicyclic) bond motifs is 1. The Hall–Kier alpha value is -1.71. The lowest BCUT2D eigenvalue weighted by Crippen LogP contribution is -2.15. The maximum atomic E-state index is 5.64. The minimum atomic E-state index is 0.633. The third kappa shape index (κ3) is 1.39. The first kappa shape index (κ1) is 8.87. The van der Waals surface area contributed by atoms with E-state index in [1.807, 2.05) is 31.0 Å². The van der Waals surface area contributed by atoms with Crippen molar-refractivity contribution in [2.75, 3.05) is 24.2 Å². The van der Waals surface area contributed by atoms with E-state index in [1.54, 1.807) is 6.07 Å². The number of nitrogen functional groups attached to an aromatic ring is 1. The third-order valence-corrected chi connectivity index (χ3v) is 2.20. The van der Waals surface area contributed by atoms with Crippen molar-refractivity contribution >= 4 is 22.8 Å². The predicted molar refractivity (Wildman–Crippen MR) is 57.4 cm³/mol. The maximum absolute atomic E-state index is 5.64. The highest BCUT2D eigenvalue weighted by Gasteiger charge is 2.08. The number of nitrogens with two attached hydrogens (primary N) is 1. The van der Waals surface area contributed by atoms with Gasteiger partial charge in [-0.3, -0.25) is 0 Å². The smallest absolute Gasteiger partial charge is 0.298 e. The number of nitrogens with zero attached hydrogens (tertiary/aromatic N) is 2. The number of anilines is 2. The van der Waals surface area contributed by atoms with E-state index in [1.165, 1.54) is 0 Å². The quantitative estimate of drug-likeness (QED) is 0.736. The average Bonchev–Trinajstić information content (AvgIpc) is 2.59. The number of rotatable bonds is 2. The summed E-state index contributed by atoms with van der Waals surface area (Å²) in [7, 11) is 1.94. The molecule has 0 aliphatic carbocycles. The molecule has 2 rings (SSSR count). The Morgan fingerprint density at radius 2 is 2.29 bits per heavy atom. The van der Waals surface area contributed by atoms with Gasteiger partial charge >= 0.3 is 0 Å². The second kappa shape index (κ2) is 3.21. The Labute approximate surface area is 82.3 Å². The summed E-state index contributed by atoms with van der Waals surface area (Å²) in [6.07, 6.45) is 0. The summed E-state index contributed by atoms with van der Waals surface area (Å²) >= 11 is 0. The zero-order valence-corrected chi connectivity index (χ0v) is 8.32. The van der Waals surface area contributed by atoms with Crippen molar-refractivity contribution in [3.05, 3.63) is 18.2 Å². The number of oxazole rings is 1. The van der Waals surface area contributed by atoms with Gasteiger partial charge in [-0.1, -0.05) is 0 Å². The topological polar surface area (TPSA) is 55.3 Å². The molecule has 4 heteroatoms. The first-order chi connectivity index (χ1) is 6.70. The van der Waals surface area contributed by atoms with E-state index in [0.29, 0.717) is 11.7 Å². The monoisotopic (exact) mass is 191 g/mol. The zero-order valence-electron chi connectivity index (χ0n) is 8.32. The summed E-state index contributed by atoms with van der Waals surface area (Å²) in [6, 6.07) is 6.10. The standard InChI is InChI=1S/C10H13N3O/c1-3-13(2)10-12-8-5-4-7(11)6-9(8)14-10/h4-6H,3,11H2,1-2H3. The molecule has 0 atom stereocenters. The fourth-order valence-corrected chi connectivity index (χ4v) is 1.23. The normalized spacial score (nSPS) is 10.7. The van der Waals surface area contributed by atoms with Crippen LogP contribution < -0.4 is 10.6 Å². The van der Waals surface area contributed by atoms with E-state index in [9.17, 15) is 0 Å². The number of hydrogen-bond acceptors (Lipinski definition) is 4. The lowest BCUT2D eigenvalue weighted by Gasteiger charge is -2.09. The largest absolute Gasteiger partial charge is 0.423 e. The molecule has 0 unspecified atom stereocenters. The van der Waals surface area contributed by atoms with Crippen molar-refractivity contribution in [2.45, 2.75) is 6.92 Å². The van der Waals surface area contributed by atoms with Crippen LogP contribution in [-0.2, 0) is 0 Å². The van der Waals surface area contributed by atoms with Crippen LogP contribution in [0.1, 0.15) is 6.92 Å². The summed E-state index contributed by atoms with van der Waals surface area (Å²) < 4.78 is 5.54. The highest BCUT2D eigenvalue weighted by atomic mass is 16.4. The van der Waals surface area contributed by atoms with Crippen LogP contribution in [0.15, 0.2) is 22.6 Å².